The maximum absolute atomic E-state index is 13.0. The molecule has 3 aromatic rings. The average molecular weight is 465 g/mol. The SMILES string of the molecule is COc1ccc(CN2CC=C(c3cccc(CNC(=O)c4ccc(F)cc4)c3)CC2)cc1Cl. The summed E-state index contributed by atoms with van der Waals surface area (Å²) in [6.45, 7) is 3.08. The second kappa shape index (κ2) is 10.6. The first-order valence-electron chi connectivity index (χ1n) is 10.9. The predicted octanol–water partition coefficient (Wildman–Crippen LogP) is 5.71. The maximum Gasteiger partial charge on any atom is 0.251 e. The fraction of sp³-hybridized carbons (Fsp3) is 0.222. The number of carbonyl (C=O) groups excluding carboxylic acids is 1. The summed E-state index contributed by atoms with van der Waals surface area (Å²) in [4.78, 5) is 14.7. The van der Waals surface area contributed by atoms with Gasteiger partial charge in [-0.2, -0.15) is 0 Å². The number of halogens is 2. The summed E-state index contributed by atoms with van der Waals surface area (Å²) in [6.07, 6.45) is 3.22. The first-order chi connectivity index (χ1) is 16.0. The second-order valence-corrected chi connectivity index (χ2v) is 8.48. The minimum absolute atomic E-state index is 0.216. The van der Waals surface area contributed by atoms with Crippen LogP contribution >= 0.6 is 11.6 Å². The molecule has 4 rings (SSSR count). The maximum atomic E-state index is 13.0. The van der Waals surface area contributed by atoms with Gasteiger partial charge in [0.1, 0.15) is 11.6 Å². The molecule has 0 unspecified atom stereocenters. The molecular formula is C27H26ClFN2O2. The van der Waals surface area contributed by atoms with E-state index in [4.69, 9.17) is 16.3 Å². The molecule has 6 heteroatoms. The smallest absolute Gasteiger partial charge is 0.251 e. The topological polar surface area (TPSA) is 41.6 Å². The number of hydrogen-bond acceptors (Lipinski definition) is 3. The number of carbonyl (C=O) groups is 1. The molecule has 170 valence electrons. The molecule has 3 aromatic carbocycles. The van der Waals surface area contributed by atoms with Crippen molar-refractivity contribution >= 4 is 23.1 Å². The quantitative estimate of drug-likeness (QED) is 0.487. The Morgan fingerprint density at radius 1 is 1.09 bits per heavy atom. The predicted molar refractivity (Wildman–Crippen MR) is 130 cm³/mol. The third-order valence-electron chi connectivity index (χ3n) is 5.77. The molecule has 1 amide bonds. The third kappa shape index (κ3) is 6.01. The van der Waals surface area contributed by atoms with Crippen molar-refractivity contribution < 1.29 is 13.9 Å². The van der Waals surface area contributed by atoms with E-state index in [0.29, 0.717) is 22.9 Å². The summed E-state index contributed by atoms with van der Waals surface area (Å²) < 4.78 is 18.3. The highest BCUT2D eigenvalue weighted by atomic mass is 35.5. The van der Waals surface area contributed by atoms with E-state index in [9.17, 15) is 9.18 Å². The monoisotopic (exact) mass is 464 g/mol. The number of nitrogens with one attached hydrogen (secondary N) is 1. The summed E-state index contributed by atoms with van der Waals surface area (Å²) in [5.41, 5.74) is 5.12. The van der Waals surface area contributed by atoms with Gasteiger partial charge in [0.25, 0.3) is 5.91 Å². The van der Waals surface area contributed by atoms with Gasteiger partial charge in [-0.1, -0.05) is 41.9 Å². The Kier molecular flexibility index (Phi) is 7.43. The van der Waals surface area contributed by atoms with Gasteiger partial charge in [0.05, 0.1) is 12.1 Å². The number of ether oxygens (including phenoxy) is 1. The molecule has 1 aliphatic heterocycles. The summed E-state index contributed by atoms with van der Waals surface area (Å²) in [7, 11) is 1.62. The van der Waals surface area contributed by atoms with Gasteiger partial charge in [-0.3, -0.25) is 9.69 Å². The van der Waals surface area contributed by atoms with Crippen LogP contribution in [0.25, 0.3) is 5.57 Å². The molecule has 0 saturated heterocycles. The van der Waals surface area contributed by atoms with Gasteiger partial charge in [-0.15, -0.1) is 0 Å². The van der Waals surface area contributed by atoms with Crippen LogP contribution in [0.2, 0.25) is 5.02 Å². The largest absolute Gasteiger partial charge is 0.495 e. The lowest BCUT2D eigenvalue weighted by atomic mass is 9.97. The van der Waals surface area contributed by atoms with Gasteiger partial charge in [0, 0.05) is 31.7 Å². The van der Waals surface area contributed by atoms with Crippen LogP contribution in [-0.2, 0) is 13.1 Å². The normalized spacial score (nSPS) is 14.0. The van der Waals surface area contributed by atoms with Crippen LogP contribution in [0.1, 0.15) is 33.5 Å². The van der Waals surface area contributed by atoms with E-state index in [1.54, 1.807) is 7.11 Å². The van der Waals surface area contributed by atoms with E-state index in [1.165, 1.54) is 35.4 Å². The molecule has 0 bridgehead atoms. The number of rotatable bonds is 7. The van der Waals surface area contributed by atoms with Gasteiger partial charge in [-0.25, -0.2) is 4.39 Å². The molecular weight excluding hydrogens is 439 g/mol. The van der Waals surface area contributed by atoms with Crippen LogP contribution in [0.4, 0.5) is 4.39 Å². The fourth-order valence-electron chi connectivity index (χ4n) is 3.95. The molecule has 0 radical (unpaired) electrons. The van der Waals surface area contributed by atoms with Crippen molar-refractivity contribution in [2.24, 2.45) is 0 Å². The summed E-state index contributed by atoms with van der Waals surface area (Å²) in [6, 6.07) is 19.7. The Labute approximate surface area is 198 Å². The summed E-state index contributed by atoms with van der Waals surface area (Å²) >= 11 is 6.25. The van der Waals surface area contributed by atoms with Crippen molar-refractivity contribution in [3.63, 3.8) is 0 Å². The zero-order valence-electron chi connectivity index (χ0n) is 18.5. The van der Waals surface area contributed by atoms with Crippen LogP contribution in [0.15, 0.2) is 72.8 Å². The van der Waals surface area contributed by atoms with E-state index >= 15 is 0 Å². The Bertz CT molecular complexity index is 1160. The summed E-state index contributed by atoms with van der Waals surface area (Å²) in [5, 5.41) is 3.53. The number of amides is 1. The van der Waals surface area contributed by atoms with E-state index < -0.39 is 0 Å². The number of methoxy groups -OCH3 is 1. The van der Waals surface area contributed by atoms with Crippen LogP contribution in [0.3, 0.4) is 0 Å². The van der Waals surface area contributed by atoms with Crippen molar-refractivity contribution in [1.29, 1.82) is 0 Å². The molecule has 4 nitrogen and oxygen atoms in total. The highest BCUT2D eigenvalue weighted by molar-refractivity contribution is 6.32. The zero-order chi connectivity index (χ0) is 23.2. The van der Waals surface area contributed by atoms with Crippen LogP contribution in [0.5, 0.6) is 5.75 Å². The first-order valence-corrected chi connectivity index (χ1v) is 11.3. The molecule has 1 aliphatic rings. The van der Waals surface area contributed by atoms with Gasteiger partial charge in [0.15, 0.2) is 0 Å². The molecule has 0 saturated carbocycles. The number of benzene rings is 3. The van der Waals surface area contributed by atoms with Crippen LogP contribution in [-0.4, -0.2) is 31.0 Å². The lowest BCUT2D eigenvalue weighted by Crippen LogP contribution is -2.28. The Morgan fingerprint density at radius 3 is 2.61 bits per heavy atom. The van der Waals surface area contributed by atoms with Crippen LogP contribution in [0, 0.1) is 5.82 Å². The standard InChI is InChI=1S/C27H26ClFN2O2/c1-33-26-10-5-20(16-25(26)28)18-31-13-11-21(12-14-31)23-4-2-3-19(15-23)17-30-27(32)22-6-8-24(29)9-7-22/h2-11,15-16H,12-14,17-18H2,1H3,(H,30,32). The Morgan fingerprint density at radius 2 is 1.91 bits per heavy atom. The molecule has 1 heterocycles. The molecule has 0 spiro atoms. The minimum Gasteiger partial charge on any atom is -0.495 e. The summed E-state index contributed by atoms with van der Waals surface area (Å²) in [5.74, 6) is 0.118. The molecule has 1 N–H and O–H groups in total. The van der Waals surface area contributed by atoms with E-state index in [2.05, 4.69) is 28.4 Å². The highest BCUT2D eigenvalue weighted by Gasteiger charge is 2.15. The first kappa shape index (κ1) is 23.0. The van der Waals surface area contributed by atoms with Gasteiger partial charge in [0.2, 0.25) is 0 Å². The van der Waals surface area contributed by atoms with Crippen molar-refractivity contribution in [1.82, 2.24) is 10.2 Å². The fourth-order valence-corrected chi connectivity index (χ4v) is 4.23. The average Bonchev–Trinajstić information content (AvgIpc) is 2.84. The number of nitrogens with zero attached hydrogens (tertiary/aromatic N) is 1. The lowest BCUT2D eigenvalue weighted by molar-refractivity contribution is 0.0951. The van der Waals surface area contributed by atoms with Gasteiger partial charge < -0.3 is 10.1 Å². The Hall–Kier alpha value is -3.15. The highest BCUT2D eigenvalue weighted by Crippen LogP contribution is 2.27. The molecule has 33 heavy (non-hydrogen) atoms. The molecule has 0 fully saturated rings. The third-order valence-corrected chi connectivity index (χ3v) is 6.07. The van der Waals surface area contributed by atoms with Crippen molar-refractivity contribution in [2.75, 3.05) is 20.2 Å². The van der Waals surface area contributed by atoms with E-state index in [-0.39, 0.29) is 11.7 Å². The molecule has 0 aliphatic carbocycles. The second-order valence-electron chi connectivity index (χ2n) is 8.07. The van der Waals surface area contributed by atoms with Crippen molar-refractivity contribution in [3.05, 3.63) is 106 Å². The lowest BCUT2D eigenvalue weighted by Gasteiger charge is -2.27. The van der Waals surface area contributed by atoms with Crippen molar-refractivity contribution in [3.8, 4) is 5.75 Å². The molecule has 0 atom stereocenters. The van der Waals surface area contributed by atoms with E-state index in [0.717, 1.165) is 37.2 Å². The van der Waals surface area contributed by atoms with E-state index in [1.807, 2.05) is 30.3 Å². The number of hydrogen-bond donors (Lipinski definition) is 1. The van der Waals surface area contributed by atoms with Crippen LogP contribution < -0.4 is 10.1 Å². The Balaban J connectivity index is 1.34. The van der Waals surface area contributed by atoms with Crippen molar-refractivity contribution in [2.45, 2.75) is 19.5 Å². The van der Waals surface area contributed by atoms with Gasteiger partial charge in [-0.05, 0) is 71.1 Å². The molecule has 0 aromatic heterocycles. The zero-order valence-corrected chi connectivity index (χ0v) is 19.2. The minimum atomic E-state index is -0.355. The van der Waals surface area contributed by atoms with Gasteiger partial charge >= 0.3 is 0 Å².